The van der Waals surface area contributed by atoms with E-state index in [1.807, 2.05) is 0 Å². The van der Waals surface area contributed by atoms with E-state index < -0.39 is 11.9 Å². The van der Waals surface area contributed by atoms with Crippen molar-refractivity contribution in [1.29, 1.82) is 0 Å². The Morgan fingerprint density at radius 3 is 2.12 bits per heavy atom. The van der Waals surface area contributed by atoms with Crippen LogP contribution in [0.2, 0.25) is 0 Å². The maximum absolute atomic E-state index is 10.9. The van der Waals surface area contributed by atoms with Gasteiger partial charge in [-0.05, 0) is 18.6 Å². The second-order valence-corrected chi connectivity index (χ2v) is 3.17. The van der Waals surface area contributed by atoms with Gasteiger partial charge in [-0.3, -0.25) is 0 Å². The van der Waals surface area contributed by atoms with Crippen LogP contribution in [0.1, 0.15) is 26.3 Å². The number of hydrogen-bond acceptors (Lipinski definition) is 4. The third-order valence-electron chi connectivity index (χ3n) is 2.17. The molecule has 16 heavy (non-hydrogen) atoms. The molecule has 6 heteroatoms. The minimum absolute atomic E-state index is 0.0486. The van der Waals surface area contributed by atoms with Crippen molar-refractivity contribution < 1.29 is 24.5 Å². The zero-order valence-corrected chi connectivity index (χ0v) is 8.77. The number of carbonyl (C=O) groups is 2. The minimum Gasteiger partial charge on any atom is -0.496 e. The summed E-state index contributed by atoms with van der Waals surface area (Å²) in [4.78, 5) is 21.8. The first-order chi connectivity index (χ1) is 7.40. The molecule has 0 aromatic heterocycles. The number of benzene rings is 1. The van der Waals surface area contributed by atoms with Gasteiger partial charge in [0.05, 0.1) is 18.4 Å². The largest absolute Gasteiger partial charge is 0.496 e. The standard InChI is InChI=1S/C10H11NO5/c1-4-3-5(16-2)7(10(14)15)8(11)6(4)9(12)13/h3H,11H2,1-2H3,(H,12,13)(H,14,15). The number of nitrogen functional groups attached to an aromatic ring is 1. The summed E-state index contributed by atoms with van der Waals surface area (Å²) < 4.78 is 4.85. The van der Waals surface area contributed by atoms with Gasteiger partial charge in [0.1, 0.15) is 11.3 Å². The van der Waals surface area contributed by atoms with Crippen molar-refractivity contribution in [2.24, 2.45) is 0 Å². The fourth-order valence-corrected chi connectivity index (χ4v) is 1.48. The summed E-state index contributed by atoms with van der Waals surface area (Å²) in [6.45, 7) is 1.52. The highest BCUT2D eigenvalue weighted by Gasteiger charge is 2.23. The zero-order chi connectivity index (χ0) is 12.5. The highest BCUT2D eigenvalue weighted by Crippen LogP contribution is 2.30. The molecule has 0 radical (unpaired) electrons. The molecule has 0 aliphatic rings. The summed E-state index contributed by atoms with van der Waals surface area (Å²) in [5.41, 5.74) is 5.04. The van der Waals surface area contributed by atoms with Crippen molar-refractivity contribution in [3.05, 3.63) is 22.8 Å². The van der Waals surface area contributed by atoms with Crippen LogP contribution in [0, 0.1) is 6.92 Å². The number of aromatic carboxylic acids is 2. The number of aryl methyl sites for hydroxylation is 1. The molecule has 0 aliphatic carbocycles. The molecule has 86 valence electrons. The van der Waals surface area contributed by atoms with Gasteiger partial charge in [-0.15, -0.1) is 0 Å². The van der Waals surface area contributed by atoms with Gasteiger partial charge < -0.3 is 20.7 Å². The SMILES string of the molecule is COc1cc(C)c(C(=O)O)c(N)c1C(=O)O. The number of nitrogens with two attached hydrogens (primary N) is 1. The fraction of sp³-hybridized carbons (Fsp3) is 0.200. The Labute approximate surface area is 91.3 Å². The van der Waals surface area contributed by atoms with Crippen LogP contribution in [0.4, 0.5) is 5.69 Å². The molecule has 0 heterocycles. The molecule has 6 nitrogen and oxygen atoms in total. The smallest absolute Gasteiger partial charge is 0.341 e. The molecule has 0 unspecified atom stereocenters. The highest BCUT2D eigenvalue weighted by atomic mass is 16.5. The number of rotatable bonds is 3. The van der Waals surface area contributed by atoms with Crippen molar-refractivity contribution in [2.75, 3.05) is 12.8 Å². The summed E-state index contributed by atoms with van der Waals surface area (Å²) in [5.74, 6) is -2.54. The van der Waals surface area contributed by atoms with E-state index in [4.69, 9.17) is 20.7 Å². The molecule has 0 fully saturated rings. The molecule has 0 bridgehead atoms. The molecule has 0 saturated heterocycles. The Kier molecular flexibility index (Phi) is 3.03. The van der Waals surface area contributed by atoms with Gasteiger partial charge in [-0.1, -0.05) is 0 Å². The van der Waals surface area contributed by atoms with E-state index >= 15 is 0 Å². The van der Waals surface area contributed by atoms with Crippen molar-refractivity contribution in [3.8, 4) is 5.75 Å². The third kappa shape index (κ3) is 1.77. The van der Waals surface area contributed by atoms with E-state index in [0.29, 0.717) is 5.56 Å². The van der Waals surface area contributed by atoms with Crippen molar-refractivity contribution in [1.82, 2.24) is 0 Å². The topological polar surface area (TPSA) is 110 Å². The summed E-state index contributed by atoms with van der Waals surface area (Å²) >= 11 is 0. The quantitative estimate of drug-likeness (QED) is 0.661. The Morgan fingerprint density at radius 2 is 1.75 bits per heavy atom. The molecule has 0 amide bonds. The predicted molar refractivity (Wildman–Crippen MR) is 56.1 cm³/mol. The first-order valence-corrected chi connectivity index (χ1v) is 4.33. The van der Waals surface area contributed by atoms with E-state index in [9.17, 15) is 9.59 Å². The van der Waals surface area contributed by atoms with E-state index in [-0.39, 0.29) is 22.6 Å². The van der Waals surface area contributed by atoms with Crippen LogP contribution in [-0.4, -0.2) is 29.3 Å². The molecule has 0 spiro atoms. The number of ether oxygens (including phenoxy) is 1. The maximum Gasteiger partial charge on any atom is 0.341 e. The van der Waals surface area contributed by atoms with Gasteiger partial charge in [0.2, 0.25) is 0 Å². The lowest BCUT2D eigenvalue weighted by Gasteiger charge is -2.12. The molecule has 0 aliphatic heterocycles. The monoisotopic (exact) mass is 225 g/mol. The van der Waals surface area contributed by atoms with Crippen LogP contribution in [0.3, 0.4) is 0 Å². The normalized spacial score (nSPS) is 9.88. The number of carboxylic acids is 2. The van der Waals surface area contributed by atoms with Crippen molar-refractivity contribution in [3.63, 3.8) is 0 Å². The van der Waals surface area contributed by atoms with E-state index in [0.717, 1.165) is 0 Å². The first-order valence-electron chi connectivity index (χ1n) is 4.33. The molecule has 0 atom stereocenters. The van der Waals surface area contributed by atoms with Gasteiger partial charge >= 0.3 is 11.9 Å². The molecular weight excluding hydrogens is 214 g/mol. The highest BCUT2D eigenvalue weighted by molar-refractivity contribution is 6.05. The van der Waals surface area contributed by atoms with Crippen molar-refractivity contribution >= 4 is 17.6 Å². The van der Waals surface area contributed by atoms with Crippen LogP contribution >= 0.6 is 0 Å². The van der Waals surface area contributed by atoms with E-state index in [1.165, 1.54) is 20.1 Å². The lowest BCUT2D eigenvalue weighted by molar-refractivity contribution is 0.0693. The summed E-state index contributed by atoms with van der Waals surface area (Å²) in [6.07, 6.45) is 0. The minimum atomic E-state index is -1.32. The van der Waals surface area contributed by atoms with Gasteiger partial charge in [-0.25, -0.2) is 9.59 Å². The Morgan fingerprint density at radius 1 is 1.25 bits per heavy atom. The van der Waals surface area contributed by atoms with E-state index in [2.05, 4.69) is 0 Å². The summed E-state index contributed by atoms with van der Waals surface area (Å²) in [5, 5.41) is 17.8. The fourth-order valence-electron chi connectivity index (χ4n) is 1.48. The Balaban J connectivity index is 3.65. The Hall–Kier alpha value is -2.24. The van der Waals surface area contributed by atoms with Gasteiger partial charge in [0.25, 0.3) is 0 Å². The first kappa shape index (κ1) is 11.8. The maximum atomic E-state index is 10.9. The number of anilines is 1. The predicted octanol–water partition coefficient (Wildman–Crippen LogP) is 0.982. The lowest BCUT2D eigenvalue weighted by Crippen LogP contribution is -2.12. The second kappa shape index (κ2) is 4.09. The average molecular weight is 225 g/mol. The van der Waals surface area contributed by atoms with Crippen molar-refractivity contribution in [2.45, 2.75) is 6.92 Å². The van der Waals surface area contributed by atoms with E-state index in [1.54, 1.807) is 0 Å². The molecular formula is C10H11NO5. The lowest BCUT2D eigenvalue weighted by atomic mass is 10.0. The second-order valence-electron chi connectivity index (χ2n) is 3.17. The molecule has 1 aromatic rings. The number of carboxylic acid groups (broad SMARTS) is 2. The van der Waals surface area contributed by atoms with Gasteiger partial charge in [0, 0.05) is 0 Å². The molecule has 1 aromatic carbocycles. The van der Waals surface area contributed by atoms with Gasteiger partial charge in [-0.2, -0.15) is 0 Å². The summed E-state index contributed by atoms with van der Waals surface area (Å²) in [7, 11) is 1.29. The van der Waals surface area contributed by atoms with Crippen LogP contribution in [0.15, 0.2) is 6.07 Å². The van der Waals surface area contributed by atoms with Gasteiger partial charge in [0.15, 0.2) is 0 Å². The van der Waals surface area contributed by atoms with Crippen LogP contribution in [-0.2, 0) is 0 Å². The molecule has 1 rings (SSSR count). The third-order valence-corrected chi connectivity index (χ3v) is 2.17. The number of methoxy groups -OCH3 is 1. The van der Waals surface area contributed by atoms with Crippen LogP contribution in [0.25, 0.3) is 0 Å². The zero-order valence-electron chi connectivity index (χ0n) is 8.77. The Bertz CT molecular complexity index is 467. The molecule has 4 N–H and O–H groups in total. The molecule has 0 saturated carbocycles. The van der Waals surface area contributed by atoms with Crippen LogP contribution in [0.5, 0.6) is 5.75 Å². The number of hydrogen-bond donors (Lipinski definition) is 3. The van der Waals surface area contributed by atoms with Crippen LogP contribution < -0.4 is 10.5 Å². The summed E-state index contributed by atoms with van der Waals surface area (Å²) in [6, 6.07) is 1.34. The average Bonchev–Trinajstić information content (AvgIpc) is 2.14.